The molecular weight excluding hydrogens is 269 g/mol. The van der Waals surface area contributed by atoms with Gasteiger partial charge in [-0.05, 0) is 43.2 Å². The summed E-state index contributed by atoms with van der Waals surface area (Å²) < 4.78 is 5.94. The number of rotatable bonds is 3. The van der Waals surface area contributed by atoms with E-state index in [1.807, 2.05) is 0 Å². The fourth-order valence-corrected chi connectivity index (χ4v) is 3.09. The highest BCUT2D eigenvalue weighted by molar-refractivity contribution is 6.32. The van der Waals surface area contributed by atoms with E-state index in [-0.39, 0.29) is 0 Å². The molecule has 1 saturated carbocycles. The Hall–Kier alpha value is -0.310. The minimum Gasteiger partial charge on any atom is -0.372 e. The van der Waals surface area contributed by atoms with Gasteiger partial charge in [0.2, 0.25) is 0 Å². The predicted molar refractivity (Wildman–Crippen MR) is 75.0 cm³/mol. The summed E-state index contributed by atoms with van der Waals surface area (Å²) in [5.41, 5.74) is 0.732. The zero-order valence-corrected chi connectivity index (χ0v) is 12.3. The van der Waals surface area contributed by atoms with E-state index in [1.54, 1.807) is 12.1 Å². The van der Waals surface area contributed by atoms with Crippen LogP contribution in [0.15, 0.2) is 12.1 Å². The molecule has 0 radical (unpaired) electrons. The van der Waals surface area contributed by atoms with Crippen LogP contribution < -0.4 is 0 Å². The largest absolute Gasteiger partial charge is 0.372 e. The van der Waals surface area contributed by atoms with E-state index in [1.165, 1.54) is 6.42 Å². The van der Waals surface area contributed by atoms with E-state index in [2.05, 4.69) is 18.8 Å². The van der Waals surface area contributed by atoms with E-state index < -0.39 is 0 Å². The summed E-state index contributed by atoms with van der Waals surface area (Å²) in [6.45, 7) is 5.02. The zero-order chi connectivity index (χ0) is 13.1. The molecule has 1 fully saturated rings. The third kappa shape index (κ3) is 3.84. The third-order valence-corrected chi connectivity index (χ3v) is 4.03. The summed E-state index contributed by atoms with van der Waals surface area (Å²) >= 11 is 11.9. The van der Waals surface area contributed by atoms with Gasteiger partial charge >= 0.3 is 0 Å². The second kappa shape index (κ2) is 6.23. The quantitative estimate of drug-likeness (QED) is 0.750. The molecule has 0 spiro atoms. The molecule has 0 N–H and O–H groups in total. The Labute approximate surface area is 119 Å². The van der Waals surface area contributed by atoms with Crippen LogP contribution in [0.2, 0.25) is 10.2 Å². The van der Waals surface area contributed by atoms with Gasteiger partial charge in [0.1, 0.15) is 5.15 Å². The van der Waals surface area contributed by atoms with E-state index in [4.69, 9.17) is 27.9 Å². The highest BCUT2D eigenvalue weighted by atomic mass is 35.5. The maximum absolute atomic E-state index is 6.07. The predicted octanol–water partition coefficient (Wildman–Crippen LogP) is 4.73. The van der Waals surface area contributed by atoms with Gasteiger partial charge in [-0.25, -0.2) is 4.98 Å². The molecular formula is C14H19Cl2NO. The molecule has 2 rings (SSSR count). The maximum atomic E-state index is 6.07. The number of nitrogens with zero attached hydrogens (tertiary/aromatic N) is 1. The normalized spacial score (nSPS) is 28.3. The summed E-state index contributed by atoms with van der Waals surface area (Å²) in [6.07, 6.45) is 3.88. The second-order valence-electron chi connectivity index (χ2n) is 5.41. The molecule has 1 heterocycles. The van der Waals surface area contributed by atoms with Gasteiger partial charge in [0.05, 0.1) is 23.4 Å². The van der Waals surface area contributed by atoms with Crippen LogP contribution in [0.3, 0.4) is 0 Å². The Bertz CT molecular complexity index is 401. The smallest absolute Gasteiger partial charge is 0.129 e. The van der Waals surface area contributed by atoms with Crippen LogP contribution in [0.1, 0.15) is 38.8 Å². The Kier molecular flexibility index (Phi) is 4.88. The summed E-state index contributed by atoms with van der Waals surface area (Å²) in [7, 11) is 0. The van der Waals surface area contributed by atoms with Crippen molar-refractivity contribution in [3.05, 3.63) is 28.0 Å². The highest BCUT2D eigenvalue weighted by Crippen LogP contribution is 2.31. The minimum absolute atomic E-state index is 0.320. The lowest BCUT2D eigenvalue weighted by Gasteiger charge is -2.31. The number of pyridine rings is 1. The first-order valence-electron chi connectivity index (χ1n) is 6.47. The average Bonchev–Trinajstić information content (AvgIpc) is 2.29. The van der Waals surface area contributed by atoms with E-state index >= 15 is 0 Å². The molecule has 0 saturated heterocycles. The lowest BCUT2D eigenvalue weighted by molar-refractivity contribution is -0.0104. The van der Waals surface area contributed by atoms with Crippen LogP contribution in [0.5, 0.6) is 0 Å². The fourth-order valence-electron chi connectivity index (χ4n) is 2.76. The van der Waals surface area contributed by atoms with Crippen LogP contribution in [0.4, 0.5) is 0 Å². The van der Waals surface area contributed by atoms with Crippen LogP contribution >= 0.6 is 23.2 Å². The van der Waals surface area contributed by atoms with Crippen molar-refractivity contribution in [3.8, 4) is 0 Å². The van der Waals surface area contributed by atoms with E-state index in [9.17, 15) is 0 Å². The summed E-state index contributed by atoms with van der Waals surface area (Å²) in [5.74, 6) is 1.48. The van der Waals surface area contributed by atoms with Gasteiger partial charge in [0, 0.05) is 0 Å². The first-order valence-corrected chi connectivity index (χ1v) is 7.22. The van der Waals surface area contributed by atoms with Crippen LogP contribution in [-0.2, 0) is 11.3 Å². The summed E-state index contributed by atoms with van der Waals surface area (Å²) in [6, 6.07) is 3.46. The van der Waals surface area contributed by atoms with Gasteiger partial charge in [-0.2, -0.15) is 0 Å². The standard InChI is InChI=1S/C14H19Cl2NO/c1-9-5-10(2)7-11(6-9)18-8-13-12(15)3-4-14(16)17-13/h3-4,9-11H,5-8H2,1-2H3. The summed E-state index contributed by atoms with van der Waals surface area (Å²) in [4.78, 5) is 4.20. The lowest BCUT2D eigenvalue weighted by atomic mass is 9.82. The molecule has 4 heteroatoms. The molecule has 1 aliphatic rings. The molecule has 1 aliphatic carbocycles. The van der Waals surface area contributed by atoms with Crippen molar-refractivity contribution >= 4 is 23.2 Å². The Morgan fingerprint density at radius 1 is 1.17 bits per heavy atom. The van der Waals surface area contributed by atoms with Gasteiger partial charge in [0.25, 0.3) is 0 Å². The lowest BCUT2D eigenvalue weighted by Crippen LogP contribution is -2.26. The Morgan fingerprint density at radius 2 is 1.83 bits per heavy atom. The van der Waals surface area contributed by atoms with Gasteiger partial charge in [0.15, 0.2) is 0 Å². The number of hydrogen-bond acceptors (Lipinski definition) is 2. The van der Waals surface area contributed by atoms with Gasteiger partial charge < -0.3 is 4.74 Å². The van der Waals surface area contributed by atoms with E-state index in [0.29, 0.717) is 22.9 Å². The molecule has 0 amide bonds. The molecule has 0 aromatic carbocycles. The second-order valence-corrected chi connectivity index (χ2v) is 6.21. The monoisotopic (exact) mass is 287 g/mol. The molecule has 18 heavy (non-hydrogen) atoms. The topological polar surface area (TPSA) is 22.1 Å². The van der Waals surface area contributed by atoms with Crippen molar-refractivity contribution in [3.63, 3.8) is 0 Å². The van der Waals surface area contributed by atoms with Crippen molar-refractivity contribution in [1.29, 1.82) is 0 Å². The maximum Gasteiger partial charge on any atom is 0.129 e. The number of hydrogen-bond donors (Lipinski definition) is 0. The first kappa shape index (κ1) is 14.1. The highest BCUT2D eigenvalue weighted by Gasteiger charge is 2.24. The van der Waals surface area contributed by atoms with Crippen molar-refractivity contribution in [1.82, 2.24) is 4.98 Å². The molecule has 100 valence electrons. The van der Waals surface area contributed by atoms with Crippen molar-refractivity contribution in [2.24, 2.45) is 11.8 Å². The molecule has 2 nitrogen and oxygen atoms in total. The zero-order valence-electron chi connectivity index (χ0n) is 10.8. The Balaban J connectivity index is 1.92. The van der Waals surface area contributed by atoms with Gasteiger partial charge in [-0.3, -0.25) is 0 Å². The average molecular weight is 288 g/mol. The first-order chi connectivity index (χ1) is 8.54. The molecule has 2 atom stereocenters. The number of aromatic nitrogens is 1. The third-order valence-electron chi connectivity index (χ3n) is 3.48. The molecule has 0 bridgehead atoms. The molecule has 2 unspecified atom stereocenters. The van der Waals surface area contributed by atoms with Gasteiger partial charge in [-0.1, -0.05) is 37.0 Å². The summed E-state index contributed by atoms with van der Waals surface area (Å²) in [5, 5.41) is 1.08. The number of halogens is 2. The van der Waals surface area contributed by atoms with Crippen molar-refractivity contribution < 1.29 is 4.74 Å². The van der Waals surface area contributed by atoms with Gasteiger partial charge in [-0.15, -0.1) is 0 Å². The van der Waals surface area contributed by atoms with E-state index in [0.717, 1.165) is 30.4 Å². The van der Waals surface area contributed by atoms with Crippen molar-refractivity contribution in [2.75, 3.05) is 0 Å². The molecule has 0 aliphatic heterocycles. The Morgan fingerprint density at radius 3 is 2.50 bits per heavy atom. The number of ether oxygens (including phenoxy) is 1. The van der Waals surface area contributed by atoms with Crippen LogP contribution in [0.25, 0.3) is 0 Å². The molecule has 1 aromatic heterocycles. The van der Waals surface area contributed by atoms with Crippen LogP contribution in [0, 0.1) is 11.8 Å². The molecule has 1 aromatic rings. The minimum atomic E-state index is 0.320. The SMILES string of the molecule is CC1CC(C)CC(OCc2nc(Cl)ccc2Cl)C1. The van der Waals surface area contributed by atoms with Crippen molar-refractivity contribution in [2.45, 2.75) is 45.8 Å². The fraction of sp³-hybridized carbons (Fsp3) is 0.643. The van der Waals surface area contributed by atoms with Crippen LogP contribution in [-0.4, -0.2) is 11.1 Å².